The van der Waals surface area contributed by atoms with Crippen molar-refractivity contribution in [2.45, 2.75) is 128 Å². The minimum absolute atomic E-state index is 0.227. The molecule has 172 valence electrons. The van der Waals surface area contributed by atoms with Gasteiger partial charge in [-0.05, 0) is 39.6 Å². The predicted molar refractivity (Wildman–Crippen MR) is 137 cm³/mol. The fourth-order valence-electron chi connectivity index (χ4n) is 1.18. The summed E-state index contributed by atoms with van der Waals surface area (Å²) in [6, 6.07) is 0. The molecule has 0 spiro atoms. The number of hydrogen-bond acceptors (Lipinski definition) is 2. The molecule has 1 heterocycles. The van der Waals surface area contributed by atoms with E-state index in [-0.39, 0.29) is 18.3 Å². The molecule has 0 radical (unpaired) electrons. The highest BCUT2D eigenvalue weighted by Crippen LogP contribution is 2.38. The van der Waals surface area contributed by atoms with E-state index in [0.717, 1.165) is 11.9 Å². The molecule has 1 rings (SSSR count). The van der Waals surface area contributed by atoms with Crippen molar-refractivity contribution in [2.75, 3.05) is 0 Å². The molecule has 2 nitrogen and oxygen atoms in total. The molecule has 0 atom stereocenters. The van der Waals surface area contributed by atoms with Gasteiger partial charge in [0.15, 0.2) is 0 Å². The van der Waals surface area contributed by atoms with Gasteiger partial charge in [0, 0.05) is 0 Å². The molecule has 0 aromatic rings. The molecule has 0 bridgehead atoms. The van der Waals surface area contributed by atoms with Gasteiger partial charge >= 0.3 is 7.12 Å². The molecule has 1 fully saturated rings. The summed E-state index contributed by atoms with van der Waals surface area (Å²) in [6.07, 6.45) is 5.43. The van der Waals surface area contributed by atoms with Crippen LogP contribution in [0.4, 0.5) is 0 Å². The molecule has 0 aromatic carbocycles. The molecule has 3 heteroatoms. The van der Waals surface area contributed by atoms with Crippen molar-refractivity contribution in [1.29, 1.82) is 0 Å². The van der Waals surface area contributed by atoms with Crippen molar-refractivity contribution in [3.05, 3.63) is 37.4 Å². The first-order valence-corrected chi connectivity index (χ1v) is 11.4. The lowest BCUT2D eigenvalue weighted by molar-refractivity contribution is 0.00578. The summed E-state index contributed by atoms with van der Waals surface area (Å²) in [7, 11) is -0.227. The summed E-state index contributed by atoms with van der Waals surface area (Å²) in [5.41, 5.74) is 0.532. The van der Waals surface area contributed by atoms with Gasteiger partial charge in [0.2, 0.25) is 0 Å². The topological polar surface area (TPSA) is 18.5 Å². The summed E-state index contributed by atoms with van der Waals surface area (Å²) in [6.45, 7) is 41.2. The Labute approximate surface area is 182 Å². The van der Waals surface area contributed by atoms with Crippen LogP contribution in [0.15, 0.2) is 37.4 Å². The highest BCUT2D eigenvalue weighted by Gasteiger charge is 2.51. The van der Waals surface area contributed by atoms with Crippen LogP contribution in [0.5, 0.6) is 0 Å². The Kier molecular flexibility index (Phi) is 45.9. The predicted octanol–water partition coefficient (Wildman–Crippen LogP) is 9.46. The zero-order chi connectivity index (χ0) is 24.4. The maximum Gasteiger partial charge on any atom is 0.489 e. The van der Waals surface area contributed by atoms with Crippen molar-refractivity contribution >= 4 is 7.12 Å². The maximum atomic E-state index is 5.79. The molecule has 0 N–H and O–H groups in total. The van der Waals surface area contributed by atoms with Crippen LogP contribution in [0, 0.1) is 0 Å². The molecule has 0 unspecified atom stereocenters. The zero-order valence-electron chi connectivity index (χ0n) is 22.6. The van der Waals surface area contributed by atoms with E-state index in [9.17, 15) is 0 Å². The maximum absolute atomic E-state index is 5.79. The molecule has 1 aliphatic heterocycles. The summed E-state index contributed by atoms with van der Waals surface area (Å²) < 4.78 is 11.6. The molecule has 0 amide bonds. The van der Waals surface area contributed by atoms with Crippen molar-refractivity contribution in [2.24, 2.45) is 0 Å². The minimum Gasteiger partial charge on any atom is -0.400 e. The Hall–Kier alpha value is -0.795. The van der Waals surface area contributed by atoms with E-state index in [1.165, 1.54) is 6.42 Å². The molecular weight excluding hydrogens is 343 g/mol. The Morgan fingerprint density at radius 1 is 0.714 bits per heavy atom. The van der Waals surface area contributed by atoms with Crippen LogP contribution in [0.25, 0.3) is 0 Å². The second-order valence-corrected chi connectivity index (χ2v) is 5.78. The second-order valence-electron chi connectivity index (χ2n) is 5.78. The Morgan fingerprint density at radius 3 is 1.07 bits per heavy atom. The normalized spacial score (nSPS) is 13.8. The van der Waals surface area contributed by atoms with E-state index in [0.29, 0.717) is 0 Å². The average molecular weight is 401 g/mol. The van der Waals surface area contributed by atoms with Crippen molar-refractivity contribution in [3.63, 3.8) is 0 Å². The summed E-state index contributed by atoms with van der Waals surface area (Å²) in [4.78, 5) is 0. The molecule has 0 aromatic heterocycles. The molecular formula is C25H57BO2. The second kappa shape index (κ2) is 30.9. The average Bonchev–Trinajstić information content (AvgIpc) is 2.95. The Bertz CT molecular complexity index is 286. The van der Waals surface area contributed by atoms with E-state index in [4.69, 9.17) is 9.31 Å². The molecule has 0 aliphatic carbocycles. The van der Waals surface area contributed by atoms with E-state index in [2.05, 4.69) is 68.2 Å². The molecule has 1 aliphatic rings. The van der Waals surface area contributed by atoms with Gasteiger partial charge in [-0.1, -0.05) is 108 Å². The summed E-state index contributed by atoms with van der Waals surface area (Å²) >= 11 is 0. The minimum atomic E-state index is -0.240. The van der Waals surface area contributed by atoms with E-state index in [1.807, 2.05) is 55.4 Å². The Morgan fingerprint density at radius 2 is 0.929 bits per heavy atom. The summed E-state index contributed by atoms with van der Waals surface area (Å²) in [5.74, 6) is 0. The number of rotatable bonds is 3. The van der Waals surface area contributed by atoms with Gasteiger partial charge in [-0.3, -0.25) is 0 Å². The first-order valence-electron chi connectivity index (χ1n) is 11.4. The van der Waals surface area contributed by atoms with Crippen molar-refractivity contribution in [1.82, 2.24) is 0 Å². The lowest BCUT2D eigenvalue weighted by Gasteiger charge is -2.32. The van der Waals surface area contributed by atoms with Crippen LogP contribution in [-0.2, 0) is 9.31 Å². The fraction of sp³-hybridized carbons (Fsp3) is 0.760. The molecule has 1 saturated heterocycles. The Balaban J connectivity index is -0.0000000674. The third-order valence-corrected chi connectivity index (χ3v) is 3.21. The molecule has 28 heavy (non-hydrogen) atoms. The quantitative estimate of drug-likeness (QED) is 0.347. The van der Waals surface area contributed by atoms with Crippen LogP contribution in [-0.4, -0.2) is 18.3 Å². The molecule has 0 saturated carbocycles. The summed E-state index contributed by atoms with van der Waals surface area (Å²) in [5, 5.41) is 0. The van der Waals surface area contributed by atoms with Crippen LogP contribution < -0.4 is 0 Å². The lowest BCUT2D eigenvalue weighted by atomic mass is 9.78. The van der Waals surface area contributed by atoms with Gasteiger partial charge in [0.25, 0.3) is 0 Å². The smallest absolute Gasteiger partial charge is 0.400 e. The van der Waals surface area contributed by atoms with E-state index >= 15 is 0 Å². The van der Waals surface area contributed by atoms with Gasteiger partial charge in [0.1, 0.15) is 0 Å². The third-order valence-electron chi connectivity index (χ3n) is 3.21. The zero-order valence-corrected chi connectivity index (χ0v) is 22.6. The first-order chi connectivity index (χ1) is 13.1. The van der Waals surface area contributed by atoms with Gasteiger partial charge in [-0.15, -0.1) is 6.58 Å². The monoisotopic (exact) mass is 400 g/mol. The van der Waals surface area contributed by atoms with Gasteiger partial charge in [-0.25, -0.2) is 0 Å². The fourth-order valence-corrected chi connectivity index (χ4v) is 1.18. The van der Waals surface area contributed by atoms with Crippen LogP contribution >= 0.6 is 0 Å². The standard InChI is InChI=1S/C10H19BO2.C4H6.C3H8.4C2H6/c1-7-8(2)11-12-9(3,4)10(5,6)13-11;1-3-4-2;1-3-2;4*1-2/h2,7H2,1,3-6H3;3-4H,1-2H2;3H2,1-2H3;4*1-2H3. The number of hydrogen-bond donors (Lipinski definition) is 0. The van der Waals surface area contributed by atoms with Gasteiger partial charge < -0.3 is 9.31 Å². The van der Waals surface area contributed by atoms with Crippen LogP contribution in [0.1, 0.15) is 117 Å². The van der Waals surface area contributed by atoms with Gasteiger partial charge in [0.05, 0.1) is 11.2 Å². The highest BCUT2D eigenvalue weighted by atomic mass is 16.7. The van der Waals surface area contributed by atoms with Crippen molar-refractivity contribution in [3.8, 4) is 0 Å². The van der Waals surface area contributed by atoms with E-state index in [1.54, 1.807) is 12.2 Å². The van der Waals surface area contributed by atoms with E-state index < -0.39 is 0 Å². The third kappa shape index (κ3) is 23.2. The van der Waals surface area contributed by atoms with Crippen LogP contribution in [0.3, 0.4) is 0 Å². The largest absolute Gasteiger partial charge is 0.489 e. The lowest BCUT2D eigenvalue weighted by Crippen LogP contribution is -2.41. The van der Waals surface area contributed by atoms with Gasteiger partial charge in [-0.2, -0.15) is 0 Å². The first kappa shape index (κ1) is 41.5. The van der Waals surface area contributed by atoms with Crippen LogP contribution in [0.2, 0.25) is 0 Å². The SMILES string of the molecule is C=C(CC)B1OC(C)(C)C(C)(C)O1.C=CC=C.CC.CC.CC.CC.CCC. The van der Waals surface area contributed by atoms with Crippen molar-refractivity contribution < 1.29 is 9.31 Å². The number of allylic oxidation sites excluding steroid dienone is 3. The highest BCUT2D eigenvalue weighted by molar-refractivity contribution is 6.54.